The van der Waals surface area contributed by atoms with Gasteiger partial charge in [0, 0.05) is 0 Å². The Hall–Kier alpha value is 6.51. The number of rotatable bonds is 2. The molecule has 0 aromatic carbocycles. The van der Waals surface area contributed by atoms with E-state index < -0.39 is 0 Å². The topological polar surface area (TPSA) is 12.0 Å². The molecule has 40 valence electrons. The Morgan fingerprint density at radius 1 is 0.778 bits per heavy atom. The molecule has 1 nitrogen and oxygen atoms in total. The normalized spacial score (nSPS) is 4.67. The molecule has 0 fully saturated rings. The molecule has 0 rings (SSSR count). The van der Waals surface area contributed by atoms with Crippen LogP contribution < -0.4 is 5.32 Å². The van der Waals surface area contributed by atoms with Gasteiger partial charge in [-0.1, -0.05) is 13.8 Å². The quantitative estimate of drug-likeness (QED) is 0.546. The van der Waals surface area contributed by atoms with Crippen molar-refractivity contribution in [1.82, 2.24) is 5.32 Å². The van der Waals surface area contributed by atoms with Crippen LogP contribution in [0.2, 0.25) is 0 Å². The minimum atomic E-state index is 0. The van der Waals surface area contributed by atoms with Crippen molar-refractivity contribution in [3.63, 3.8) is 0 Å². The molecule has 0 unspecified atom stereocenters. The maximum absolute atomic E-state index is 3.11. The third-order valence-corrected chi connectivity index (χ3v) is 0.500. The predicted molar refractivity (Wildman–Crippen MR) is 52.8 cm³/mol. The average Bonchev–Trinajstić information content (AvgIpc) is 1.41. The molecule has 0 saturated carbocycles. The fourth-order valence-electron chi connectivity index (χ4n) is 0.250. The van der Waals surface area contributed by atoms with Gasteiger partial charge >= 0.3 is 206 Å². The molecule has 9 heavy (non-hydrogen) atoms. The van der Waals surface area contributed by atoms with Gasteiger partial charge in [-0.25, -0.2) is 0 Å². The molecule has 0 aliphatic carbocycles. The summed E-state index contributed by atoms with van der Waals surface area (Å²) in [5.41, 5.74) is 0. The van der Waals surface area contributed by atoms with E-state index in [2.05, 4.69) is 19.2 Å². The van der Waals surface area contributed by atoms with E-state index in [1.807, 2.05) is 0 Å². The standard InChI is InChI=1S/C4H11N.4K.4H/c1-3-5-4-2;;;;;;;;/h5H,3-4H2,1-2H3;;;;;;;;. The van der Waals surface area contributed by atoms with Gasteiger partial charge in [0.2, 0.25) is 0 Å². The Bertz CT molecular complexity index is 20.0. The van der Waals surface area contributed by atoms with Crippen molar-refractivity contribution in [1.29, 1.82) is 0 Å². The number of hydrogen-bond donors (Lipinski definition) is 1. The molecular formula is C4H15K4N. The molecule has 0 atom stereocenters. The number of nitrogens with one attached hydrogen (secondary N) is 1. The average molecular weight is 234 g/mol. The molecule has 0 heterocycles. The van der Waals surface area contributed by atoms with Crippen LogP contribution in [0.4, 0.5) is 0 Å². The summed E-state index contributed by atoms with van der Waals surface area (Å²) in [4.78, 5) is 0. The van der Waals surface area contributed by atoms with Crippen molar-refractivity contribution in [2.75, 3.05) is 13.1 Å². The Morgan fingerprint density at radius 2 is 1.00 bits per heavy atom. The van der Waals surface area contributed by atoms with E-state index in [4.69, 9.17) is 0 Å². The molecule has 1 N–H and O–H groups in total. The molecule has 0 aliphatic heterocycles. The summed E-state index contributed by atoms with van der Waals surface area (Å²) in [7, 11) is 0. The second kappa shape index (κ2) is 29.3. The summed E-state index contributed by atoms with van der Waals surface area (Å²) in [5, 5.41) is 3.11. The van der Waals surface area contributed by atoms with Crippen LogP contribution in [0, 0.1) is 0 Å². The fourth-order valence-corrected chi connectivity index (χ4v) is 0.250. The van der Waals surface area contributed by atoms with Gasteiger partial charge in [0.1, 0.15) is 0 Å². The third-order valence-electron chi connectivity index (χ3n) is 0.500. The first-order valence-corrected chi connectivity index (χ1v) is 2.12. The molecular weight excluding hydrogens is 218 g/mol. The summed E-state index contributed by atoms with van der Waals surface area (Å²) in [6.07, 6.45) is 0. The second-order valence-corrected chi connectivity index (χ2v) is 0.957. The minimum absolute atomic E-state index is 0. The second-order valence-electron chi connectivity index (χ2n) is 0.957. The van der Waals surface area contributed by atoms with Gasteiger partial charge in [0.15, 0.2) is 0 Å². The van der Waals surface area contributed by atoms with Crippen LogP contribution in [0.3, 0.4) is 0 Å². The van der Waals surface area contributed by atoms with E-state index in [1.54, 1.807) is 0 Å². The first kappa shape index (κ1) is 29.6. The van der Waals surface area contributed by atoms with E-state index in [0.717, 1.165) is 13.1 Å². The van der Waals surface area contributed by atoms with E-state index in [1.165, 1.54) is 0 Å². The Labute approximate surface area is 229 Å². The van der Waals surface area contributed by atoms with Crippen LogP contribution >= 0.6 is 0 Å². The molecule has 0 aromatic heterocycles. The number of hydrogen-bond acceptors (Lipinski definition) is 1. The summed E-state index contributed by atoms with van der Waals surface area (Å²) >= 11 is 0. The first-order valence-electron chi connectivity index (χ1n) is 2.12. The molecule has 0 saturated heterocycles. The van der Waals surface area contributed by atoms with Crippen molar-refractivity contribution < 1.29 is 0 Å². The van der Waals surface area contributed by atoms with Gasteiger partial charge in [-0.15, -0.1) is 0 Å². The van der Waals surface area contributed by atoms with Gasteiger partial charge in [-0.05, 0) is 13.1 Å². The maximum atomic E-state index is 3.11. The summed E-state index contributed by atoms with van der Waals surface area (Å²) in [5.74, 6) is 0. The van der Waals surface area contributed by atoms with Crippen LogP contribution in [-0.4, -0.2) is 219 Å². The van der Waals surface area contributed by atoms with Crippen LogP contribution in [-0.2, 0) is 0 Å². The van der Waals surface area contributed by atoms with Gasteiger partial charge in [0.05, 0.1) is 0 Å². The van der Waals surface area contributed by atoms with Crippen LogP contribution in [0.1, 0.15) is 13.8 Å². The Kier molecular flexibility index (Phi) is 96.2. The van der Waals surface area contributed by atoms with Crippen molar-refractivity contribution >= 4 is 206 Å². The van der Waals surface area contributed by atoms with Crippen LogP contribution in [0.25, 0.3) is 0 Å². The molecule has 0 bridgehead atoms. The molecule has 5 heteroatoms. The molecule has 0 aliphatic rings. The van der Waals surface area contributed by atoms with E-state index in [9.17, 15) is 0 Å². The zero-order chi connectivity index (χ0) is 4.12. The van der Waals surface area contributed by atoms with Crippen LogP contribution in [0.15, 0.2) is 0 Å². The predicted octanol–water partition coefficient (Wildman–Crippen LogP) is -1.98. The van der Waals surface area contributed by atoms with Crippen LogP contribution in [0.5, 0.6) is 0 Å². The SMILES string of the molecule is CCNCC.[KH].[KH].[KH].[KH]. The third kappa shape index (κ3) is 31.4. The Balaban J connectivity index is -0.0000000133. The first-order chi connectivity index (χ1) is 2.41. The molecule has 0 amide bonds. The van der Waals surface area contributed by atoms with Gasteiger partial charge in [0.25, 0.3) is 0 Å². The van der Waals surface area contributed by atoms with Crippen molar-refractivity contribution in [2.24, 2.45) is 0 Å². The Morgan fingerprint density at radius 3 is 1.00 bits per heavy atom. The van der Waals surface area contributed by atoms with Gasteiger partial charge < -0.3 is 5.32 Å². The summed E-state index contributed by atoms with van der Waals surface area (Å²) in [6.45, 7) is 6.39. The summed E-state index contributed by atoms with van der Waals surface area (Å²) < 4.78 is 0. The van der Waals surface area contributed by atoms with E-state index in [0.29, 0.717) is 0 Å². The molecule has 0 radical (unpaired) electrons. The van der Waals surface area contributed by atoms with Crippen molar-refractivity contribution in [3.8, 4) is 0 Å². The zero-order valence-corrected chi connectivity index (χ0v) is 3.91. The summed E-state index contributed by atoms with van der Waals surface area (Å²) in [6, 6.07) is 0. The molecule has 0 aromatic rings. The van der Waals surface area contributed by atoms with E-state index >= 15 is 0 Å². The van der Waals surface area contributed by atoms with Crippen molar-refractivity contribution in [3.05, 3.63) is 0 Å². The van der Waals surface area contributed by atoms with E-state index in [-0.39, 0.29) is 206 Å². The zero-order valence-electron chi connectivity index (χ0n) is 3.91. The fraction of sp³-hybridized carbons (Fsp3) is 1.00. The van der Waals surface area contributed by atoms with Gasteiger partial charge in [-0.2, -0.15) is 0 Å². The van der Waals surface area contributed by atoms with Crippen molar-refractivity contribution in [2.45, 2.75) is 13.8 Å². The van der Waals surface area contributed by atoms with Gasteiger partial charge in [-0.3, -0.25) is 0 Å². The molecule has 0 spiro atoms. The monoisotopic (exact) mass is 233 g/mol.